The van der Waals surface area contributed by atoms with Crippen LogP contribution in [0.3, 0.4) is 0 Å². The Morgan fingerprint density at radius 3 is 1.92 bits per heavy atom. The number of hydrogen-bond donors (Lipinski definition) is 1. The molecule has 0 aromatic heterocycles. The van der Waals surface area contributed by atoms with E-state index < -0.39 is 8.80 Å². The van der Waals surface area contributed by atoms with Crippen molar-refractivity contribution in [3.05, 3.63) is 23.8 Å². The molecule has 1 rings (SSSR count). The van der Waals surface area contributed by atoms with Gasteiger partial charge in [-0.1, -0.05) is 11.8 Å². The molecule has 0 unspecified atom stereocenters. The molecule has 1 aromatic carbocycles. The average Bonchev–Trinajstić information content (AvgIpc) is 2.68. The number of benzene rings is 1. The first-order valence-electron chi connectivity index (χ1n) is 8.25. The lowest BCUT2D eigenvalue weighted by atomic mass is 10.2. The maximum absolute atomic E-state index is 5.49. The average molecular weight is 378 g/mol. The second-order valence-electron chi connectivity index (χ2n) is 5.37. The van der Waals surface area contributed by atoms with Gasteiger partial charge in [0.05, 0.1) is 0 Å². The molecule has 142 valence electrons. The van der Waals surface area contributed by atoms with E-state index in [0.717, 1.165) is 24.6 Å². The minimum Gasteiger partial charge on any atom is -0.481 e. The van der Waals surface area contributed by atoms with Gasteiger partial charge < -0.3 is 28.1 Å². The van der Waals surface area contributed by atoms with E-state index in [1.165, 1.54) is 0 Å². The Morgan fingerprint density at radius 1 is 0.923 bits per heavy atom. The molecular formula is C19H27NO5Si. The molecule has 0 fully saturated rings. The van der Waals surface area contributed by atoms with Crippen molar-refractivity contribution in [1.29, 1.82) is 0 Å². The van der Waals surface area contributed by atoms with E-state index >= 15 is 0 Å². The predicted octanol–water partition coefficient (Wildman–Crippen LogP) is 2.07. The van der Waals surface area contributed by atoms with Gasteiger partial charge in [-0.15, -0.1) is 12.8 Å². The number of rotatable bonds is 13. The fraction of sp³-hybridized carbons (Fsp3) is 0.474. The topological polar surface area (TPSA) is 58.2 Å². The van der Waals surface area contributed by atoms with Crippen molar-refractivity contribution in [3.63, 3.8) is 0 Å². The van der Waals surface area contributed by atoms with Crippen LogP contribution in [-0.2, 0) is 19.8 Å². The molecule has 0 heterocycles. The molecule has 26 heavy (non-hydrogen) atoms. The van der Waals surface area contributed by atoms with Crippen LogP contribution in [0.1, 0.15) is 12.0 Å². The second-order valence-corrected chi connectivity index (χ2v) is 8.46. The zero-order valence-corrected chi connectivity index (χ0v) is 16.7. The Kier molecular flexibility index (Phi) is 10.5. The Hall–Kier alpha value is -2.00. The van der Waals surface area contributed by atoms with Crippen molar-refractivity contribution in [3.8, 4) is 36.2 Å². The molecule has 0 aliphatic carbocycles. The Balaban J connectivity index is 2.57. The molecule has 0 amide bonds. The molecule has 0 saturated heterocycles. The van der Waals surface area contributed by atoms with Gasteiger partial charge in [-0.3, -0.25) is 0 Å². The van der Waals surface area contributed by atoms with Crippen LogP contribution in [0.25, 0.3) is 0 Å². The minimum absolute atomic E-state index is 0.198. The lowest BCUT2D eigenvalue weighted by Crippen LogP contribution is -2.43. The molecule has 1 N–H and O–H groups in total. The lowest BCUT2D eigenvalue weighted by molar-refractivity contribution is 0.123. The number of nitrogens with one attached hydrogen (secondary N) is 1. The molecule has 7 heteroatoms. The summed E-state index contributed by atoms with van der Waals surface area (Å²) in [4.78, 5) is 0. The van der Waals surface area contributed by atoms with Crippen LogP contribution in [-0.4, -0.2) is 49.9 Å². The normalized spacial score (nSPS) is 10.8. The van der Waals surface area contributed by atoms with Crippen LogP contribution in [0.4, 0.5) is 0 Å². The fourth-order valence-corrected chi connectivity index (χ4v) is 4.09. The quantitative estimate of drug-likeness (QED) is 0.323. The predicted molar refractivity (Wildman–Crippen MR) is 103 cm³/mol. The van der Waals surface area contributed by atoms with Crippen molar-refractivity contribution in [2.75, 3.05) is 41.1 Å². The van der Waals surface area contributed by atoms with Crippen molar-refractivity contribution in [1.82, 2.24) is 5.32 Å². The van der Waals surface area contributed by atoms with Gasteiger partial charge in [0.2, 0.25) is 0 Å². The second kappa shape index (κ2) is 12.4. The summed E-state index contributed by atoms with van der Waals surface area (Å²) in [5.74, 6) is 6.20. The van der Waals surface area contributed by atoms with E-state index in [-0.39, 0.29) is 13.2 Å². The van der Waals surface area contributed by atoms with Crippen molar-refractivity contribution in [2.45, 2.75) is 19.0 Å². The molecular weight excluding hydrogens is 350 g/mol. The van der Waals surface area contributed by atoms with Crippen LogP contribution in [0.5, 0.6) is 11.5 Å². The van der Waals surface area contributed by atoms with Gasteiger partial charge in [0.1, 0.15) is 24.7 Å². The van der Waals surface area contributed by atoms with E-state index in [1.807, 2.05) is 12.1 Å². The standard InChI is InChI=1S/C19H27NO5Si/c1-6-10-24-18-13-17(14-19(15-18)25-11-7-2)16-20-9-8-12-26(21-3,22-4)23-5/h1-2,13-15,20H,8-12,16H2,3-5H3. The van der Waals surface area contributed by atoms with E-state index in [9.17, 15) is 0 Å². The summed E-state index contributed by atoms with van der Waals surface area (Å²) < 4.78 is 27.2. The van der Waals surface area contributed by atoms with Gasteiger partial charge in [-0.2, -0.15) is 0 Å². The molecule has 0 aliphatic rings. The lowest BCUT2D eigenvalue weighted by Gasteiger charge is -2.24. The summed E-state index contributed by atoms with van der Waals surface area (Å²) in [6.45, 7) is 1.84. The Morgan fingerprint density at radius 2 is 1.46 bits per heavy atom. The van der Waals surface area contributed by atoms with Crippen molar-refractivity contribution in [2.24, 2.45) is 0 Å². The first-order valence-corrected chi connectivity index (χ1v) is 10.2. The third kappa shape index (κ3) is 7.48. The first kappa shape index (κ1) is 22.0. The van der Waals surface area contributed by atoms with E-state index in [1.54, 1.807) is 27.4 Å². The molecule has 0 spiro atoms. The maximum Gasteiger partial charge on any atom is 0.500 e. The minimum atomic E-state index is -2.51. The highest BCUT2D eigenvalue weighted by Crippen LogP contribution is 2.23. The molecule has 0 aliphatic heterocycles. The van der Waals surface area contributed by atoms with Gasteiger partial charge in [0, 0.05) is 40.0 Å². The SMILES string of the molecule is C#CCOc1cc(CNCCC[Si](OC)(OC)OC)cc(OCC#C)c1. The third-order valence-corrected chi connectivity index (χ3v) is 6.51. The summed E-state index contributed by atoms with van der Waals surface area (Å²) in [7, 11) is 2.34. The van der Waals surface area contributed by atoms with Gasteiger partial charge in [-0.25, -0.2) is 0 Å². The smallest absolute Gasteiger partial charge is 0.481 e. The largest absolute Gasteiger partial charge is 0.500 e. The summed E-state index contributed by atoms with van der Waals surface area (Å²) in [5, 5.41) is 3.38. The molecule has 0 saturated carbocycles. The molecule has 0 bridgehead atoms. The zero-order valence-electron chi connectivity index (χ0n) is 15.7. The third-order valence-electron chi connectivity index (χ3n) is 3.68. The Labute approximate surface area is 157 Å². The van der Waals surface area contributed by atoms with E-state index in [2.05, 4.69) is 17.2 Å². The zero-order chi connectivity index (χ0) is 19.3. The summed E-state index contributed by atoms with van der Waals surface area (Å²) in [5.41, 5.74) is 1.01. The van der Waals surface area contributed by atoms with Gasteiger partial charge in [0.15, 0.2) is 0 Å². The highest BCUT2D eigenvalue weighted by atomic mass is 28.4. The van der Waals surface area contributed by atoms with E-state index in [4.69, 9.17) is 35.6 Å². The highest BCUT2D eigenvalue weighted by molar-refractivity contribution is 6.60. The highest BCUT2D eigenvalue weighted by Gasteiger charge is 2.36. The monoisotopic (exact) mass is 377 g/mol. The summed E-state index contributed by atoms with van der Waals surface area (Å²) >= 11 is 0. The molecule has 0 atom stereocenters. The maximum atomic E-state index is 5.49. The Bertz CT molecular complexity index is 575. The number of ether oxygens (including phenoxy) is 2. The fourth-order valence-electron chi connectivity index (χ4n) is 2.37. The van der Waals surface area contributed by atoms with Crippen LogP contribution >= 0.6 is 0 Å². The van der Waals surface area contributed by atoms with E-state index in [0.29, 0.717) is 18.0 Å². The van der Waals surface area contributed by atoms with Crippen LogP contribution in [0.2, 0.25) is 6.04 Å². The van der Waals surface area contributed by atoms with Crippen molar-refractivity contribution >= 4 is 8.80 Å². The van der Waals surface area contributed by atoms with Crippen LogP contribution < -0.4 is 14.8 Å². The van der Waals surface area contributed by atoms with Crippen molar-refractivity contribution < 1.29 is 22.8 Å². The van der Waals surface area contributed by atoms with Gasteiger partial charge in [-0.05, 0) is 30.7 Å². The molecule has 1 aromatic rings. The first-order chi connectivity index (χ1) is 12.6. The van der Waals surface area contributed by atoms with Crippen LogP contribution in [0, 0.1) is 24.7 Å². The number of hydrogen-bond acceptors (Lipinski definition) is 6. The summed E-state index contributed by atoms with van der Waals surface area (Å²) in [6.07, 6.45) is 11.4. The molecule has 6 nitrogen and oxygen atoms in total. The number of terminal acetylenes is 2. The summed E-state index contributed by atoms with van der Waals surface area (Å²) in [6, 6.07) is 6.36. The van der Waals surface area contributed by atoms with Crippen LogP contribution in [0.15, 0.2) is 18.2 Å². The van der Waals surface area contributed by atoms with Gasteiger partial charge >= 0.3 is 8.80 Å². The molecule has 0 radical (unpaired) electrons. The van der Waals surface area contributed by atoms with Gasteiger partial charge in [0.25, 0.3) is 0 Å².